The van der Waals surface area contributed by atoms with E-state index in [2.05, 4.69) is 41.2 Å². The number of hydrogen-bond acceptors (Lipinski definition) is 2. The van der Waals surface area contributed by atoms with E-state index in [0.29, 0.717) is 22.4 Å². The molecule has 2 nitrogen and oxygen atoms in total. The average molecular weight is 663 g/mol. The van der Waals surface area contributed by atoms with Crippen LogP contribution in [0.2, 0.25) is 33.5 Å². The van der Waals surface area contributed by atoms with E-state index in [9.17, 15) is 0 Å². The summed E-state index contributed by atoms with van der Waals surface area (Å²) in [5, 5.41) is 4.32. The van der Waals surface area contributed by atoms with Crippen LogP contribution >= 0.6 is 0 Å². The van der Waals surface area contributed by atoms with Gasteiger partial charge in [-0.25, -0.2) is 0 Å². The molecule has 0 unspecified atom stereocenters. The van der Waals surface area contributed by atoms with Gasteiger partial charge in [0.1, 0.15) is 0 Å². The maximum atomic E-state index is 8.61. The summed E-state index contributed by atoms with van der Waals surface area (Å²) in [5.41, 5.74) is 5.87. The van der Waals surface area contributed by atoms with Crippen LogP contribution in [0.3, 0.4) is 0 Å². The van der Waals surface area contributed by atoms with Crippen LogP contribution in [0.5, 0.6) is 0 Å². The molecule has 0 atom stereocenters. The van der Waals surface area contributed by atoms with Crippen LogP contribution in [0, 0.1) is 13.7 Å². The van der Waals surface area contributed by atoms with E-state index < -0.39 is 40.2 Å². The van der Waals surface area contributed by atoms with Crippen molar-refractivity contribution in [3.8, 4) is 33.5 Å². The van der Waals surface area contributed by atoms with Crippen LogP contribution in [0.15, 0.2) is 95.5 Å². The molecule has 4 heteroatoms. The summed E-state index contributed by atoms with van der Waals surface area (Å²) in [6, 6.07) is 27.9. The Morgan fingerprint density at radius 2 is 1.24 bits per heavy atom. The first-order valence-electron chi connectivity index (χ1n) is 17.3. The van der Waals surface area contributed by atoms with Crippen LogP contribution in [-0.4, -0.2) is 31.5 Å². The molecule has 0 N–H and O–H groups in total. The Morgan fingerprint density at radius 1 is 0.634 bits per heavy atom. The van der Waals surface area contributed by atoms with Crippen LogP contribution in [-0.2, 0) is 0 Å². The van der Waals surface area contributed by atoms with E-state index in [-0.39, 0.29) is 11.1 Å². The molecule has 7 rings (SSSR count). The Balaban J connectivity index is 1.51. The number of furan rings is 1. The normalized spacial score (nSPS) is 18.5. The van der Waals surface area contributed by atoms with Gasteiger partial charge in [0.05, 0.1) is 0 Å². The summed E-state index contributed by atoms with van der Waals surface area (Å²) in [4.78, 5) is 4.69. The Morgan fingerprint density at radius 3 is 1.93 bits per heavy atom. The van der Waals surface area contributed by atoms with E-state index in [0.717, 1.165) is 33.0 Å². The van der Waals surface area contributed by atoms with Gasteiger partial charge in [-0.2, -0.15) is 0 Å². The van der Waals surface area contributed by atoms with E-state index in [1.54, 1.807) is 6.07 Å². The number of aromatic nitrogens is 1. The number of benzene rings is 4. The second kappa shape index (κ2) is 9.74. The molecule has 41 heavy (non-hydrogen) atoms. The molecular formula is C37H37Ge2NO. The molecule has 6 aromatic rings. The van der Waals surface area contributed by atoms with E-state index in [1.807, 2.05) is 60.7 Å². The fourth-order valence-electron chi connectivity index (χ4n) is 6.53. The Labute approximate surface area is 257 Å². The predicted octanol–water partition coefficient (Wildman–Crippen LogP) is 9.44. The third kappa shape index (κ3) is 4.42. The summed E-state index contributed by atoms with van der Waals surface area (Å²) in [7, 11) is 0. The minimum atomic E-state index is -2.49. The Bertz CT molecular complexity index is 2180. The van der Waals surface area contributed by atoms with Crippen molar-refractivity contribution in [2.24, 2.45) is 0 Å². The van der Waals surface area contributed by atoms with Crippen molar-refractivity contribution in [1.29, 1.82) is 0 Å². The van der Waals surface area contributed by atoms with Crippen molar-refractivity contribution in [3.63, 3.8) is 0 Å². The molecule has 0 saturated carbocycles. The molecule has 0 bridgehead atoms. The summed E-state index contributed by atoms with van der Waals surface area (Å²) in [6.07, 6.45) is 1.41. The van der Waals surface area contributed by atoms with E-state index >= 15 is 0 Å². The number of fused-ring (bicyclic) bond motifs is 4. The molecule has 0 aliphatic carbocycles. The molecule has 1 aliphatic heterocycles. The first kappa shape index (κ1) is 20.7. The van der Waals surface area contributed by atoms with Gasteiger partial charge in [0.25, 0.3) is 0 Å². The molecule has 0 saturated heterocycles. The predicted molar refractivity (Wildman–Crippen MR) is 181 cm³/mol. The van der Waals surface area contributed by atoms with Gasteiger partial charge in [-0.05, 0) is 0 Å². The third-order valence-corrected chi connectivity index (χ3v) is 26.5. The van der Waals surface area contributed by atoms with Gasteiger partial charge in [0.15, 0.2) is 0 Å². The summed E-state index contributed by atoms with van der Waals surface area (Å²) < 4.78 is 60.5. The maximum absolute atomic E-state index is 8.61. The van der Waals surface area contributed by atoms with Crippen molar-refractivity contribution in [1.82, 2.24) is 4.98 Å². The first-order chi connectivity index (χ1) is 22.1. The third-order valence-electron chi connectivity index (χ3n) is 9.07. The standard InChI is InChI=1S/C37H37Ge2NO/c1-24-20-33-34(39(5,6)19-18-38(33,3)4)21-31(24)32-22-35(40-23-25(32)2)30-17-11-16-29-28-15-10-14-27(36(28)41-37(29)30)26-12-8-7-9-13-26/h7-17,20-23H,18-19H2,1-6H3/i1D3,2D3. The zero-order valence-corrected chi connectivity index (χ0v) is 28.1. The molecule has 0 amide bonds. The van der Waals surface area contributed by atoms with Crippen molar-refractivity contribution in [2.45, 2.75) is 47.2 Å². The molecule has 204 valence electrons. The van der Waals surface area contributed by atoms with Crippen molar-refractivity contribution < 1.29 is 12.6 Å². The van der Waals surface area contributed by atoms with E-state index in [4.69, 9.17) is 17.6 Å². The Hall–Kier alpha value is -3.08. The first-order valence-corrected chi connectivity index (χ1v) is 27.7. The summed E-state index contributed by atoms with van der Waals surface area (Å²) in [5.74, 6) is 9.53. The average Bonchev–Trinajstić information content (AvgIpc) is 3.41. The van der Waals surface area contributed by atoms with Crippen molar-refractivity contribution >= 4 is 57.3 Å². The van der Waals surface area contributed by atoms with Gasteiger partial charge >= 0.3 is 228 Å². The number of hydrogen-bond donors (Lipinski definition) is 0. The number of aryl methyl sites for hydroxylation is 2. The van der Waals surface area contributed by atoms with Crippen molar-refractivity contribution in [2.75, 3.05) is 0 Å². The molecular weight excluding hydrogens is 620 g/mol. The molecule has 0 fully saturated rings. The van der Waals surface area contributed by atoms with Gasteiger partial charge in [-0.15, -0.1) is 0 Å². The van der Waals surface area contributed by atoms with Gasteiger partial charge in [0.2, 0.25) is 0 Å². The minimum absolute atomic E-state index is 0.0525. The zero-order valence-electron chi connectivity index (χ0n) is 29.9. The Kier molecular flexibility index (Phi) is 4.93. The second-order valence-electron chi connectivity index (χ2n) is 12.7. The number of para-hydroxylation sites is 2. The topological polar surface area (TPSA) is 26.0 Å². The monoisotopic (exact) mass is 665 g/mol. The van der Waals surface area contributed by atoms with Gasteiger partial charge in [-0.3, -0.25) is 0 Å². The van der Waals surface area contributed by atoms with Gasteiger partial charge < -0.3 is 0 Å². The van der Waals surface area contributed by atoms with Crippen LogP contribution in [0.25, 0.3) is 55.4 Å². The van der Waals surface area contributed by atoms with Crippen LogP contribution < -0.4 is 8.79 Å². The second-order valence-corrected chi connectivity index (χ2v) is 32.8. The quantitative estimate of drug-likeness (QED) is 0.177. The fraction of sp³-hybridized carbons (Fsp3) is 0.216. The molecule has 0 radical (unpaired) electrons. The number of pyridine rings is 1. The van der Waals surface area contributed by atoms with Crippen molar-refractivity contribution in [3.05, 3.63) is 102 Å². The molecule has 1 aliphatic rings. The van der Waals surface area contributed by atoms with E-state index in [1.165, 1.54) is 25.5 Å². The molecule has 2 aromatic heterocycles. The SMILES string of the molecule is [2H]C([2H])([2H])c1cnc(-c2cccc3c2oc2c(-c4ccccc4)cccc23)cc1-c1c[c]2[c](cc1C([2H])([2H])[2H])[Ge]([CH3])([CH3])[CH2][CH2][Ge]2([CH3])[CH3]. The van der Waals surface area contributed by atoms with Crippen LogP contribution in [0.1, 0.15) is 19.4 Å². The summed E-state index contributed by atoms with van der Waals surface area (Å²) >= 11 is -4.94. The fourth-order valence-corrected chi connectivity index (χ4v) is 36.9. The molecule has 0 spiro atoms. The zero-order chi connectivity index (χ0) is 33.5. The van der Waals surface area contributed by atoms with Gasteiger partial charge in [0, 0.05) is 0 Å². The number of rotatable bonds is 3. The molecule has 4 aromatic carbocycles. The number of nitrogens with zero attached hydrogens (tertiary/aromatic N) is 1. The summed E-state index contributed by atoms with van der Waals surface area (Å²) in [6.45, 7) is -4.91. The van der Waals surface area contributed by atoms with Crippen LogP contribution in [0.4, 0.5) is 0 Å². The molecule has 3 heterocycles. The van der Waals surface area contributed by atoms with Gasteiger partial charge in [-0.1, -0.05) is 30.3 Å².